The summed E-state index contributed by atoms with van der Waals surface area (Å²) < 4.78 is 69.7. The van der Waals surface area contributed by atoms with Crippen molar-refractivity contribution in [2.45, 2.75) is 241 Å². The van der Waals surface area contributed by atoms with E-state index in [1.807, 2.05) is 0 Å². The van der Waals surface area contributed by atoms with Crippen molar-refractivity contribution in [3.63, 3.8) is 0 Å². The third kappa shape index (κ3) is 19.0. The summed E-state index contributed by atoms with van der Waals surface area (Å²) in [5.41, 5.74) is 0. The van der Waals surface area contributed by atoms with Gasteiger partial charge in [0.05, 0.1) is 71.0 Å². The largest absolute Gasteiger partial charge is 0.477 e. The average molecular weight is 1420 g/mol. The van der Waals surface area contributed by atoms with Crippen molar-refractivity contribution in [2.75, 3.05) is 59.5 Å². The van der Waals surface area contributed by atoms with Crippen LogP contribution >= 0.6 is 0 Å². The molecule has 0 bridgehead atoms. The Balaban J connectivity index is 1.31. The summed E-state index contributed by atoms with van der Waals surface area (Å²) in [5, 5.41) is 258. The molecule has 6 aliphatic heterocycles. The van der Waals surface area contributed by atoms with E-state index in [2.05, 4.69) is 21.3 Å². The van der Waals surface area contributed by atoms with Crippen LogP contribution in [0.4, 0.5) is 0 Å². The number of carbonyl (C=O) groups is 5. The topological polar surface area (TPSA) is 710 Å². The van der Waals surface area contributed by atoms with Gasteiger partial charge in [0.2, 0.25) is 23.6 Å². The summed E-state index contributed by atoms with van der Waals surface area (Å²) in [5.74, 6) is -9.45. The van der Waals surface area contributed by atoms with Gasteiger partial charge in [0, 0.05) is 27.2 Å². The van der Waals surface area contributed by atoms with Gasteiger partial charge in [0.15, 0.2) is 31.5 Å². The van der Waals surface area contributed by atoms with Gasteiger partial charge in [-0.3, -0.25) is 19.2 Å². The number of hydrogen-bond acceptors (Lipinski definition) is 39. The second-order valence-electron chi connectivity index (χ2n) is 23.8. The fourth-order valence-electron chi connectivity index (χ4n) is 11.8. The van der Waals surface area contributed by atoms with Gasteiger partial charge >= 0.3 is 5.97 Å². The van der Waals surface area contributed by atoms with Crippen molar-refractivity contribution < 1.29 is 198 Å². The summed E-state index contributed by atoms with van der Waals surface area (Å²) >= 11 is 0. The Kier molecular flexibility index (Phi) is 30.6. The number of rotatable bonds is 31. The molecule has 6 saturated heterocycles. The lowest BCUT2D eigenvalue weighted by molar-refractivity contribution is -0.385. The Morgan fingerprint density at radius 3 is 1.45 bits per heavy atom. The molecule has 4 amide bonds. The number of carboxylic acid groups (broad SMARTS) is 1. The standard InChI is InChI=1S/C53H90N4O40/c1-14(66)54-17(5-58)41(30(73)19(70)6-59)92-50-39(82)45(95-48-29(56-16(3)68)36(79)43(24(11-64)90-48)93-49-38(81)37(80)32(75)21(8-61)87-49)34(77)25(91-50)13-86-47-28(55-15(2)67)35(78)42(23(10-63)89-47)94-51-40(83)46(33(76)22(9-62)88-51)97-53(52(84)85)4-18(69)27(57-26(72)12-65)44(96-53)31(74)20(71)7-60/h17-25,27-51,58-65,69-71,73-83H,4-13H2,1-3H3,(H,54,66)(H,55,67)(H,56,68)(H,57,72)(H,84,85)/t17-,18-,19+,20+,21+,22+,23+,24+,25+,27+,28+,29+,30-,31+,32-,33-,34-,35+,36+,37-,38+,39+,40+,41+,42+,43+,44+,45-,46-,47+,48-,49-,50-,51-,53-/m0/s1. The van der Waals surface area contributed by atoms with E-state index in [-0.39, 0.29) is 0 Å². The zero-order valence-electron chi connectivity index (χ0n) is 51.9. The van der Waals surface area contributed by atoms with Crippen molar-refractivity contribution in [2.24, 2.45) is 0 Å². The molecule has 562 valence electrons. The number of nitrogens with one attached hydrogen (secondary N) is 4. The number of aliphatic carboxylic acids is 1. The van der Waals surface area contributed by atoms with Crippen LogP contribution in [-0.2, 0) is 80.8 Å². The number of hydrogen-bond donors (Lipinski definition) is 27. The maximum absolute atomic E-state index is 13.1. The van der Waals surface area contributed by atoms with E-state index in [1.165, 1.54) is 0 Å². The molecule has 97 heavy (non-hydrogen) atoms. The first-order valence-corrected chi connectivity index (χ1v) is 30.3. The number of aliphatic hydroxyl groups excluding tert-OH is 22. The third-order valence-corrected chi connectivity index (χ3v) is 16.9. The van der Waals surface area contributed by atoms with E-state index < -0.39 is 309 Å². The van der Waals surface area contributed by atoms with Crippen LogP contribution in [0.2, 0.25) is 0 Å². The number of ether oxygens (including phenoxy) is 12. The van der Waals surface area contributed by atoms with Gasteiger partial charge in [0.1, 0.15) is 165 Å². The highest BCUT2D eigenvalue weighted by molar-refractivity contribution is 5.78. The van der Waals surface area contributed by atoms with Crippen LogP contribution in [-0.4, -0.2) is 421 Å². The molecule has 0 unspecified atom stereocenters. The molecule has 0 aromatic heterocycles. The first-order valence-electron chi connectivity index (χ1n) is 30.3. The molecule has 0 radical (unpaired) electrons. The van der Waals surface area contributed by atoms with Crippen LogP contribution in [0.5, 0.6) is 0 Å². The molecule has 6 heterocycles. The molecular formula is C53H90N4O40. The van der Waals surface area contributed by atoms with E-state index in [0.717, 1.165) is 20.8 Å². The van der Waals surface area contributed by atoms with E-state index in [0.29, 0.717) is 0 Å². The van der Waals surface area contributed by atoms with E-state index in [4.69, 9.17) is 56.8 Å². The lowest BCUT2D eigenvalue weighted by atomic mass is 9.88. The number of amides is 4. The molecule has 0 aromatic rings. The molecular weight excluding hydrogens is 1330 g/mol. The Morgan fingerprint density at radius 1 is 0.485 bits per heavy atom. The molecule has 0 aromatic carbocycles. The Hall–Kier alpha value is -4.01. The van der Waals surface area contributed by atoms with Crippen LogP contribution in [0.1, 0.15) is 27.2 Å². The van der Waals surface area contributed by atoms with Gasteiger partial charge in [0.25, 0.3) is 5.79 Å². The van der Waals surface area contributed by atoms with E-state index >= 15 is 0 Å². The quantitative estimate of drug-likeness (QED) is 0.0306. The maximum Gasteiger partial charge on any atom is 0.364 e. The minimum Gasteiger partial charge on any atom is -0.477 e. The van der Waals surface area contributed by atoms with Crippen LogP contribution in [0.3, 0.4) is 0 Å². The second kappa shape index (κ2) is 36.2. The van der Waals surface area contributed by atoms with Crippen molar-refractivity contribution in [3.8, 4) is 0 Å². The summed E-state index contributed by atoms with van der Waals surface area (Å²) in [7, 11) is 0. The molecule has 0 spiro atoms. The molecule has 27 N–H and O–H groups in total. The molecule has 35 atom stereocenters. The minimum atomic E-state index is -3.31. The van der Waals surface area contributed by atoms with Crippen LogP contribution < -0.4 is 21.3 Å². The van der Waals surface area contributed by atoms with Crippen LogP contribution in [0.25, 0.3) is 0 Å². The fourth-order valence-corrected chi connectivity index (χ4v) is 11.8. The highest BCUT2D eigenvalue weighted by Gasteiger charge is 2.62. The zero-order valence-corrected chi connectivity index (χ0v) is 51.9. The summed E-state index contributed by atoms with van der Waals surface area (Å²) in [6, 6.07) is -7.43. The van der Waals surface area contributed by atoms with Crippen molar-refractivity contribution in [1.82, 2.24) is 21.3 Å². The van der Waals surface area contributed by atoms with Crippen LogP contribution in [0, 0.1) is 0 Å². The number of carboxylic acids is 1. The Morgan fingerprint density at radius 2 is 0.959 bits per heavy atom. The van der Waals surface area contributed by atoms with Crippen molar-refractivity contribution in [3.05, 3.63) is 0 Å². The highest BCUT2D eigenvalue weighted by Crippen LogP contribution is 2.40. The van der Waals surface area contributed by atoms with Crippen molar-refractivity contribution >= 4 is 29.6 Å². The minimum absolute atomic E-state index is 0.875. The van der Waals surface area contributed by atoms with Gasteiger partial charge in [-0.2, -0.15) is 0 Å². The summed E-state index contributed by atoms with van der Waals surface area (Å²) in [6.45, 7) is -7.46. The van der Waals surface area contributed by atoms with E-state index in [9.17, 15) is 141 Å². The molecule has 6 fully saturated rings. The summed E-state index contributed by atoms with van der Waals surface area (Å²) in [4.78, 5) is 63.4. The normalized spacial score (nSPS) is 42.2. The highest BCUT2D eigenvalue weighted by atomic mass is 16.8. The second-order valence-corrected chi connectivity index (χ2v) is 23.8. The number of carbonyl (C=O) groups excluding carboxylic acids is 4. The van der Waals surface area contributed by atoms with Gasteiger partial charge in [-0.1, -0.05) is 0 Å². The number of aliphatic hydroxyl groups is 22. The first kappa shape index (κ1) is 82.0. The molecule has 6 aliphatic rings. The van der Waals surface area contributed by atoms with Gasteiger partial charge in [-0.15, -0.1) is 0 Å². The van der Waals surface area contributed by atoms with Gasteiger partial charge < -0.3 is 196 Å². The molecule has 6 rings (SSSR count). The Labute approximate surface area is 548 Å². The fraction of sp³-hybridized carbons (Fsp3) is 0.906. The summed E-state index contributed by atoms with van der Waals surface area (Å²) in [6.07, 6.45) is -65.4. The molecule has 0 aliphatic carbocycles. The lowest BCUT2D eigenvalue weighted by Crippen LogP contribution is -2.71. The molecule has 44 nitrogen and oxygen atoms in total. The van der Waals surface area contributed by atoms with Crippen LogP contribution in [0.15, 0.2) is 0 Å². The predicted octanol–water partition coefficient (Wildman–Crippen LogP) is -17.9. The first-order chi connectivity index (χ1) is 45.7. The van der Waals surface area contributed by atoms with E-state index in [1.54, 1.807) is 0 Å². The SMILES string of the molecule is CC(=O)N[C@H]1[C@H](O[C@H]2[C@@H](O)[C@@H](CO[C@@H]3O[C@H](CO)[C@@H](O[C@@H]4O[C@H](CO)[C@H](O)[C@H](O[C@]5(C(=O)O)C[C@H](O)[C@@H](NC(=O)CO)[C@H]([C@H](O)[C@H](O)CO)O5)[C@H]4O)[C@H](O)[C@H]3NC(C)=O)O[C@@H](O[C@@H]([C@@H](O)[C@H](O)CO)[C@H](CO)NC(C)=O)[C@@H]2O)O[C@H](CO)[C@@H](O[C@@H]2O[C@H](CO)[C@H](O)[C@H](O)[C@H]2O)[C@@H]1O. The zero-order chi connectivity index (χ0) is 72.4. The van der Waals surface area contributed by atoms with Gasteiger partial charge in [-0.05, 0) is 0 Å². The molecule has 44 heteroatoms. The van der Waals surface area contributed by atoms with Gasteiger partial charge in [-0.25, -0.2) is 4.79 Å². The maximum atomic E-state index is 13.1. The smallest absolute Gasteiger partial charge is 0.364 e. The Bertz CT molecular complexity index is 2510. The van der Waals surface area contributed by atoms with Crippen molar-refractivity contribution in [1.29, 1.82) is 0 Å². The molecule has 0 saturated carbocycles. The predicted molar refractivity (Wildman–Crippen MR) is 299 cm³/mol. The lowest BCUT2D eigenvalue weighted by Gasteiger charge is -2.51. The monoisotopic (exact) mass is 1420 g/mol. The third-order valence-electron chi connectivity index (χ3n) is 16.9. The average Bonchev–Trinajstić information content (AvgIpc) is 0.759.